The standard InChI is InChI=1S/C52H34N4/c1-3-12-34-29-35(22-21-31(34)2)48-40-16-6-9-18-44(40)53-52(54-48)33-23-26-36(27-24-33)55-49-37-14-5-4-13-32(37)25-28-39(49)43-30-42-38-15-7-10-19-45(38)56-46-20-11-8-17-41(46)47(50(43)55)51(42)56/h3-30H,1-2H3/b12-3-. The van der Waals surface area contributed by atoms with Crippen molar-refractivity contribution in [3.05, 3.63) is 175 Å². The summed E-state index contributed by atoms with van der Waals surface area (Å²) in [4.78, 5) is 10.4. The van der Waals surface area contributed by atoms with Crippen molar-refractivity contribution >= 4 is 87.7 Å². The number of allylic oxidation sites excluding steroid dienone is 1. The minimum atomic E-state index is 0.713. The second kappa shape index (κ2) is 11.6. The Hall–Kier alpha value is -7.30. The normalized spacial score (nSPS) is 12.4. The monoisotopic (exact) mass is 714 g/mol. The maximum absolute atomic E-state index is 5.27. The Bertz CT molecular complexity index is 3600. The lowest BCUT2D eigenvalue weighted by atomic mass is 10.00. The molecule has 0 aliphatic rings. The summed E-state index contributed by atoms with van der Waals surface area (Å²) in [6, 6.07) is 57.3. The summed E-state index contributed by atoms with van der Waals surface area (Å²) in [5, 5.41) is 11.1. The minimum Gasteiger partial charge on any atom is -0.308 e. The van der Waals surface area contributed by atoms with E-state index < -0.39 is 0 Å². The van der Waals surface area contributed by atoms with Crippen LogP contribution in [0, 0.1) is 6.92 Å². The molecule has 0 aliphatic heterocycles. The lowest BCUT2D eigenvalue weighted by Crippen LogP contribution is -1.98. The van der Waals surface area contributed by atoms with Crippen molar-refractivity contribution < 1.29 is 0 Å². The fourth-order valence-electron chi connectivity index (χ4n) is 9.36. The zero-order valence-electron chi connectivity index (χ0n) is 31.0. The molecular weight excluding hydrogens is 681 g/mol. The predicted octanol–water partition coefficient (Wildman–Crippen LogP) is 13.7. The van der Waals surface area contributed by atoms with E-state index >= 15 is 0 Å². The van der Waals surface area contributed by atoms with Crippen molar-refractivity contribution in [3.8, 4) is 28.3 Å². The van der Waals surface area contributed by atoms with Gasteiger partial charge < -0.3 is 8.97 Å². The highest BCUT2D eigenvalue weighted by Crippen LogP contribution is 2.47. The molecule has 0 fully saturated rings. The van der Waals surface area contributed by atoms with Gasteiger partial charge in [-0.3, -0.25) is 0 Å². The number of nitrogens with zero attached hydrogens (tertiary/aromatic N) is 4. The van der Waals surface area contributed by atoms with Gasteiger partial charge in [0.25, 0.3) is 0 Å². The van der Waals surface area contributed by atoms with Gasteiger partial charge in [0, 0.05) is 59.9 Å². The molecule has 0 N–H and O–H groups in total. The number of hydrogen-bond donors (Lipinski definition) is 0. The number of aromatic nitrogens is 4. The van der Waals surface area contributed by atoms with Crippen molar-refractivity contribution in [3.63, 3.8) is 0 Å². The molecule has 4 aromatic heterocycles. The molecule has 4 heterocycles. The van der Waals surface area contributed by atoms with Crippen LogP contribution < -0.4 is 0 Å². The Kier molecular flexibility index (Phi) is 6.44. The van der Waals surface area contributed by atoms with E-state index in [0.29, 0.717) is 5.82 Å². The van der Waals surface area contributed by atoms with Gasteiger partial charge in [-0.25, -0.2) is 9.97 Å². The van der Waals surface area contributed by atoms with Crippen LogP contribution in [-0.2, 0) is 0 Å². The SMILES string of the molecule is C/C=C\c1cc(-c2nc(-c3ccc(-n4c5c6ccccc6ccc5c5cc6c7ccccc7n7c8ccccc8c(c54)c67)cc3)nc3ccccc23)ccc1C. The molecule has 0 spiro atoms. The second-order valence-corrected chi connectivity index (χ2v) is 15.0. The lowest BCUT2D eigenvalue weighted by Gasteiger charge is -2.13. The van der Waals surface area contributed by atoms with Gasteiger partial charge in [-0.2, -0.15) is 0 Å². The summed E-state index contributed by atoms with van der Waals surface area (Å²) in [6.45, 7) is 4.21. The largest absolute Gasteiger partial charge is 0.308 e. The van der Waals surface area contributed by atoms with E-state index in [2.05, 4.69) is 193 Å². The summed E-state index contributed by atoms with van der Waals surface area (Å²) in [6.07, 6.45) is 4.25. The van der Waals surface area contributed by atoms with Crippen LogP contribution in [0.25, 0.3) is 116 Å². The molecule has 12 rings (SSSR count). The first-order valence-corrected chi connectivity index (χ1v) is 19.3. The summed E-state index contributed by atoms with van der Waals surface area (Å²) in [5.74, 6) is 0.713. The average Bonchev–Trinajstić information content (AvgIpc) is 3.89. The summed E-state index contributed by atoms with van der Waals surface area (Å²) >= 11 is 0. The third-order valence-corrected chi connectivity index (χ3v) is 11.9. The van der Waals surface area contributed by atoms with Crippen LogP contribution in [0.4, 0.5) is 0 Å². The molecule has 4 nitrogen and oxygen atoms in total. The Balaban J connectivity index is 1.14. The number of hydrogen-bond acceptors (Lipinski definition) is 2. The molecule has 0 aliphatic carbocycles. The number of rotatable bonds is 4. The molecule has 0 atom stereocenters. The minimum absolute atomic E-state index is 0.713. The first-order valence-electron chi connectivity index (χ1n) is 19.3. The highest BCUT2D eigenvalue weighted by Gasteiger charge is 2.25. The average molecular weight is 715 g/mol. The zero-order valence-corrected chi connectivity index (χ0v) is 31.0. The number of aryl methyl sites for hydroxylation is 1. The highest BCUT2D eigenvalue weighted by molar-refractivity contribution is 6.35. The Morgan fingerprint density at radius 2 is 1.18 bits per heavy atom. The zero-order chi connectivity index (χ0) is 37.1. The molecule has 8 aromatic carbocycles. The van der Waals surface area contributed by atoms with Gasteiger partial charge in [0.15, 0.2) is 5.82 Å². The van der Waals surface area contributed by atoms with Crippen LogP contribution in [0.15, 0.2) is 164 Å². The first-order chi connectivity index (χ1) is 27.7. The van der Waals surface area contributed by atoms with Gasteiger partial charge in [0.1, 0.15) is 0 Å². The third-order valence-electron chi connectivity index (χ3n) is 11.9. The van der Waals surface area contributed by atoms with Gasteiger partial charge in [0.05, 0.1) is 38.8 Å². The van der Waals surface area contributed by atoms with Crippen molar-refractivity contribution in [1.82, 2.24) is 18.9 Å². The molecule has 0 saturated carbocycles. The van der Waals surface area contributed by atoms with Gasteiger partial charge in [0.2, 0.25) is 0 Å². The fraction of sp³-hybridized carbons (Fsp3) is 0.0385. The van der Waals surface area contributed by atoms with Gasteiger partial charge in [-0.1, -0.05) is 115 Å². The van der Waals surface area contributed by atoms with Crippen LogP contribution in [0.1, 0.15) is 18.1 Å². The van der Waals surface area contributed by atoms with Crippen LogP contribution in [0.5, 0.6) is 0 Å². The third kappa shape index (κ3) is 4.24. The Labute approximate surface area is 322 Å². The van der Waals surface area contributed by atoms with E-state index in [4.69, 9.17) is 9.97 Å². The maximum Gasteiger partial charge on any atom is 0.160 e. The summed E-state index contributed by atoms with van der Waals surface area (Å²) in [5.41, 5.74) is 13.7. The molecule has 262 valence electrons. The molecule has 12 aromatic rings. The molecule has 0 bridgehead atoms. The molecule has 4 heteroatoms. The van der Waals surface area contributed by atoms with Gasteiger partial charge in [-0.15, -0.1) is 0 Å². The Morgan fingerprint density at radius 1 is 0.500 bits per heavy atom. The number of benzene rings is 8. The van der Waals surface area contributed by atoms with Crippen molar-refractivity contribution in [1.29, 1.82) is 0 Å². The summed E-state index contributed by atoms with van der Waals surface area (Å²) in [7, 11) is 0. The highest BCUT2D eigenvalue weighted by atomic mass is 15.0. The van der Waals surface area contributed by atoms with E-state index in [1.165, 1.54) is 81.8 Å². The molecule has 0 amide bonds. The van der Waals surface area contributed by atoms with E-state index in [1.807, 2.05) is 0 Å². The van der Waals surface area contributed by atoms with E-state index in [1.54, 1.807) is 0 Å². The van der Waals surface area contributed by atoms with Crippen molar-refractivity contribution in [2.45, 2.75) is 13.8 Å². The van der Waals surface area contributed by atoms with Gasteiger partial charge in [-0.05, 0) is 85.0 Å². The van der Waals surface area contributed by atoms with Crippen LogP contribution in [0.2, 0.25) is 0 Å². The maximum atomic E-state index is 5.27. The first kappa shape index (κ1) is 31.1. The lowest BCUT2D eigenvalue weighted by molar-refractivity contribution is 1.18. The second-order valence-electron chi connectivity index (χ2n) is 15.0. The molecule has 0 radical (unpaired) electrons. The fourth-order valence-corrected chi connectivity index (χ4v) is 9.36. The van der Waals surface area contributed by atoms with E-state index in [9.17, 15) is 0 Å². The van der Waals surface area contributed by atoms with Crippen molar-refractivity contribution in [2.24, 2.45) is 0 Å². The van der Waals surface area contributed by atoms with Crippen LogP contribution in [0.3, 0.4) is 0 Å². The summed E-state index contributed by atoms with van der Waals surface area (Å²) < 4.78 is 4.99. The van der Waals surface area contributed by atoms with Crippen molar-refractivity contribution in [2.75, 3.05) is 0 Å². The molecule has 56 heavy (non-hydrogen) atoms. The molecular formula is C52H34N4. The topological polar surface area (TPSA) is 35.1 Å². The Morgan fingerprint density at radius 3 is 2.00 bits per heavy atom. The predicted molar refractivity (Wildman–Crippen MR) is 236 cm³/mol. The number of fused-ring (bicyclic) bond motifs is 13. The van der Waals surface area contributed by atoms with E-state index in [0.717, 1.165) is 33.4 Å². The number of para-hydroxylation sites is 3. The van der Waals surface area contributed by atoms with Crippen LogP contribution in [-0.4, -0.2) is 18.9 Å². The van der Waals surface area contributed by atoms with Crippen LogP contribution >= 0.6 is 0 Å². The van der Waals surface area contributed by atoms with E-state index in [-0.39, 0.29) is 0 Å². The van der Waals surface area contributed by atoms with Gasteiger partial charge >= 0.3 is 0 Å². The quantitative estimate of drug-likeness (QED) is 0.182. The molecule has 0 unspecified atom stereocenters. The molecule has 0 saturated heterocycles. The smallest absolute Gasteiger partial charge is 0.160 e.